The molecule has 0 aliphatic carbocycles. The van der Waals surface area contributed by atoms with Gasteiger partial charge in [-0.25, -0.2) is 4.79 Å². The van der Waals surface area contributed by atoms with Crippen LogP contribution in [0.4, 0.5) is 0 Å². The highest BCUT2D eigenvalue weighted by atomic mass is 35.5. The summed E-state index contributed by atoms with van der Waals surface area (Å²) >= 11 is 5.92. The van der Waals surface area contributed by atoms with Crippen LogP contribution in [0.1, 0.15) is 26.3 Å². The number of nitrogens with one attached hydrogen (secondary N) is 1. The Bertz CT molecular complexity index is 446. The fourth-order valence-corrected chi connectivity index (χ4v) is 2.41. The van der Waals surface area contributed by atoms with Crippen molar-refractivity contribution < 1.29 is 9.53 Å². The van der Waals surface area contributed by atoms with Crippen molar-refractivity contribution in [2.75, 3.05) is 33.3 Å². The summed E-state index contributed by atoms with van der Waals surface area (Å²) < 4.78 is 4.96. The van der Waals surface area contributed by atoms with Crippen molar-refractivity contribution in [3.05, 3.63) is 34.9 Å². The van der Waals surface area contributed by atoms with Crippen molar-refractivity contribution in [1.29, 1.82) is 0 Å². The molecule has 1 aromatic rings. The second-order valence-corrected chi connectivity index (χ2v) is 5.51. The van der Waals surface area contributed by atoms with Gasteiger partial charge in [0.2, 0.25) is 0 Å². The molecular weight excluding hydrogens is 288 g/mol. The number of likely N-dealkylation sites (N-methyl/N-ethyl adjacent to an activating group) is 1. The van der Waals surface area contributed by atoms with Crippen LogP contribution in [0.3, 0.4) is 0 Å². The lowest BCUT2D eigenvalue weighted by atomic mass is 9.92. The van der Waals surface area contributed by atoms with Crippen molar-refractivity contribution in [2.45, 2.75) is 26.3 Å². The van der Waals surface area contributed by atoms with E-state index >= 15 is 0 Å². The lowest BCUT2D eigenvalue weighted by Gasteiger charge is -2.30. The maximum atomic E-state index is 12.2. The first-order chi connectivity index (χ1) is 9.97. The zero-order valence-electron chi connectivity index (χ0n) is 13.3. The minimum absolute atomic E-state index is 0.302. The first kappa shape index (κ1) is 18.0. The molecule has 0 saturated carbocycles. The minimum Gasteiger partial charge on any atom is -0.467 e. The molecule has 0 amide bonds. The maximum absolute atomic E-state index is 12.2. The van der Waals surface area contributed by atoms with Gasteiger partial charge in [0.15, 0.2) is 0 Å². The van der Waals surface area contributed by atoms with Crippen molar-refractivity contribution in [1.82, 2.24) is 10.2 Å². The highest BCUT2D eigenvalue weighted by Gasteiger charge is 2.35. The molecule has 0 spiro atoms. The van der Waals surface area contributed by atoms with Crippen LogP contribution in [0.25, 0.3) is 0 Å². The van der Waals surface area contributed by atoms with E-state index in [-0.39, 0.29) is 5.97 Å². The average Bonchev–Trinajstić information content (AvgIpc) is 2.51. The Labute approximate surface area is 132 Å². The molecule has 0 saturated heterocycles. The Morgan fingerprint density at radius 2 is 1.86 bits per heavy atom. The number of hydrogen-bond donors (Lipinski definition) is 1. The largest absolute Gasteiger partial charge is 0.467 e. The van der Waals surface area contributed by atoms with Gasteiger partial charge in [-0.05, 0) is 37.7 Å². The van der Waals surface area contributed by atoms with Crippen LogP contribution in [0.2, 0.25) is 5.02 Å². The Balaban J connectivity index is 2.84. The Kier molecular flexibility index (Phi) is 7.15. The zero-order chi connectivity index (χ0) is 15.9. The topological polar surface area (TPSA) is 41.6 Å². The number of esters is 1. The van der Waals surface area contributed by atoms with E-state index in [2.05, 4.69) is 24.1 Å². The summed E-state index contributed by atoms with van der Waals surface area (Å²) in [4.78, 5) is 14.5. The van der Waals surface area contributed by atoms with Crippen molar-refractivity contribution >= 4 is 17.6 Å². The molecule has 0 aliphatic heterocycles. The molecular formula is C16H25ClN2O2. The second-order valence-electron chi connectivity index (χ2n) is 5.08. The third-order valence-electron chi connectivity index (χ3n) is 3.82. The van der Waals surface area contributed by atoms with Gasteiger partial charge < -0.3 is 9.64 Å². The molecule has 21 heavy (non-hydrogen) atoms. The number of hydrogen-bond acceptors (Lipinski definition) is 4. The van der Waals surface area contributed by atoms with Crippen LogP contribution in [0, 0.1) is 0 Å². The molecule has 118 valence electrons. The van der Waals surface area contributed by atoms with Crippen molar-refractivity contribution in [3.8, 4) is 0 Å². The Hall–Kier alpha value is -1.10. The van der Waals surface area contributed by atoms with E-state index < -0.39 is 5.54 Å². The first-order valence-corrected chi connectivity index (χ1v) is 7.67. The smallest absolute Gasteiger partial charge is 0.330 e. The predicted octanol–water partition coefficient (Wildman–Crippen LogP) is 2.66. The summed E-state index contributed by atoms with van der Waals surface area (Å²) in [5, 5.41) is 3.97. The third-order valence-corrected chi connectivity index (χ3v) is 4.07. The van der Waals surface area contributed by atoms with Gasteiger partial charge >= 0.3 is 5.97 Å². The summed E-state index contributed by atoms with van der Waals surface area (Å²) in [6.45, 7) is 9.67. The molecule has 0 bridgehead atoms. The summed E-state index contributed by atoms with van der Waals surface area (Å²) in [5.41, 5.74) is -0.0229. The van der Waals surface area contributed by atoms with E-state index in [1.54, 1.807) is 12.1 Å². The quantitative estimate of drug-likeness (QED) is 0.749. The van der Waals surface area contributed by atoms with E-state index in [0.717, 1.165) is 25.2 Å². The molecule has 0 radical (unpaired) electrons. The van der Waals surface area contributed by atoms with E-state index in [9.17, 15) is 4.79 Å². The molecule has 5 heteroatoms. The molecule has 4 nitrogen and oxygen atoms in total. The fourth-order valence-electron chi connectivity index (χ4n) is 2.28. The normalized spacial score (nSPS) is 14.0. The van der Waals surface area contributed by atoms with Gasteiger partial charge in [0.1, 0.15) is 5.54 Å². The van der Waals surface area contributed by atoms with Crippen LogP contribution in [0.5, 0.6) is 0 Å². The maximum Gasteiger partial charge on any atom is 0.330 e. The second kappa shape index (κ2) is 8.37. The lowest BCUT2D eigenvalue weighted by molar-refractivity contribution is -0.148. The first-order valence-electron chi connectivity index (χ1n) is 7.29. The number of benzene rings is 1. The fraction of sp³-hybridized carbons (Fsp3) is 0.562. The number of carbonyl (C=O) groups excluding carboxylic acids is 1. The van der Waals surface area contributed by atoms with E-state index in [1.165, 1.54) is 7.11 Å². The van der Waals surface area contributed by atoms with Crippen LogP contribution in [-0.4, -0.2) is 44.2 Å². The summed E-state index contributed by atoms with van der Waals surface area (Å²) in [5.74, 6) is -0.302. The highest BCUT2D eigenvalue weighted by Crippen LogP contribution is 2.24. The summed E-state index contributed by atoms with van der Waals surface area (Å²) in [7, 11) is 1.41. The number of ether oxygens (including phenoxy) is 1. The van der Waals surface area contributed by atoms with Crippen molar-refractivity contribution in [2.24, 2.45) is 0 Å². The predicted molar refractivity (Wildman–Crippen MR) is 86.6 cm³/mol. The van der Waals surface area contributed by atoms with Gasteiger partial charge in [0.05, 0.1) is 7.11 Å². The molecule has 1 atom stereocenters. The highest BCUT2D eigenvalue weighted by molar-refractivity contribution is 6.30. The summed E-state index contributed by atoms with van der Waals surface area (Å²) in [6, 6.07) is 7.27. The van der Waals surface area contributed by atoms with Gasteiger partial charge in [0, 0.05) is 18.1 Å². The Morgan fingerprint density at radius 3 is 2.33 bits per heavy atom. The standard InChI is InChI=1S/C16H25ClN2O2/c1-5-19(6-2)12-11-18-16(3,15(20)21-4)13-7-9-14(17)10-8-13/h7-10,18H,5-6,11-12H2,1-4H3. The number of halogens is 1. The Morgan fingerprint density at radius 1 is 1.29 bits per heavy atom. The van der Waals surface area contributed by atoms with E-state index in [0.29, 0.717) is 11.6 Å². The molecule has 1 unspecified atom stereocenters. The van der Waals surface area contributed by atoms with E-state index in [1.807, 2.05) is 19.1 Å². The van der Waals surface area contributed by atoms with Gasteiger partial charge in [-0.2, -0.15) is 0 Å². The van der Waals surface area contributed by atoms with E-state index in [4.69, 9.17) is 16.3 Å². The average molecular weight is 313 g/mol. The molecule has 0 heterocycles. The molecule has 0 aliphatic rings. The van der Waals surface area contributed by atoms with Crippen molar-refractivity contribution in [3.63, 3.8) is 0 Å². The number of methoxy groups -OCH3 is 1. The minimum atomic E-state index is -0.869. The van der Waals surface area contributed by atoms with Gasteiger partial charge in [-0.3, -0.25) is 5.32 Å². The molecule has 0 aromatic heterocycles. The SMILES string of the molecule is CCN(CC)CCNC(C)(C(=O)OC)c1ccc(Cl)cc1. The number of rotatable bonds is 8. The molecule has 1 rings (SSSR count). The number of carbonyl (C=O) groups is 1. The third kappa shape index (κ3) is 4.70. The van der Waals surface area contributed by atoms with Crippen LogP contribution >= 0.6 is 11.6 Å². The summed E-state index contributed by atoms with van der Waals surface area (Å²) in [6.07, 6.45) is 0. The van der Waals surface area contributed by atoms with Gasteiger partial charge in [-0.1, -0.05) is 37.6 Å². The number of nitrogens with zero attached hydrogens (tertiary/aromatic N) is 1. The molecule has 1 N–H and O–H groups in total. The van der Waals surface area contributed by atoms with Crippen LogP contribution in [-0.2, 0) is 15.1 Å². The van der Waals surface area contributed by atoms with Gasteiger partial charge in [0.25, 0.3) is 0 Å². The monoisotopic (exact) mass is 312 g/mol. The van der Waals surface area contributed by atoms with Crippen LogP contribution < -0.4 is 5.32 Å². The van der Waals surface area contributed by atoms with Crippen LogP contribution in [0.15, 0.2) is 24.3 Å². The van der Waals surface area contributed by atoms with Gasteiger partial charge in [-0.15, -0.1) is 0 Å². The lowest BCUT2D eigenvalue weighted by Crippen LogP contribution is -2.49. The molecule has 1 aromatic carbocycles. The zero-order valence-corrected chi connectivity index (χ0v) is 14.0. The molecule has 0 fully saturated rings.